The van der Waals surface area contributed by atoms with Crippen molar-refractivity contribution < 1.29 is 19.8 Å². The lowest BCUT2D eigenvalue weighted by Crippen LogP contribution is -2.58. The number of carbonyl (C=O) groups excluding carboxylic acids is 1. The molecule has 0 radical (unpaired) electrons. The molecule has 0 bridgehead atoms. The maximum atomic E-state index is 12.3. The average molecular weight is 284 g/mol. The largest absolute Gasteiger partial charge is 0.480 e. The van der Waals surface area contributed by atoms with E-state index >= 15 is 0 Å². The molecule has 6 nitrogen and oxygen atoms in total. The molecule has 2 rings (SSSR count). The highest BCUT2D eigenvalue weighted by atomic mass is 16.4. The van der Waals surface area contributed by atoms with Crippen LogP contribution in [0.4, 0.5) is 4.79 Å². The molecule has 0 aromatic rings. The highest BCUT2D eigenvalue weighted by Gasteiger charge is 2.38. The van der Waals surface area contributed by atoms with E-state index in [-0.39, 0.29) is 18.0 Å². The number of aliphatic carboxylic acids is 1. The molecular weight excluding hydrogens is 260 g/mol. The Hall–Kier alpha value is -1.30. The highest BCUT2D eigenvalue weighted by Crippen LogP contribution is 2.24. The van der Waals surface area contributed by atoms with Gasteiger partial charge < -0.3 is 20.4 Å². The van der Waals surface area contributed by atoms with E-state index in [9.17, 15) is 19.8 Å². The molecule has 2 aliphatic rings. The summed E-state index contributed by atoms with van der Waals surface area (Å²) in [5.74, 6) is -0.986. The van der Waals surface area contributed by atoms with Gasteiger partial charge in [-0.15, -0.1) is 0 Å². The van der Waals surface area contributed by atoms with Crippen LogP contribution in [0.1, 0.15) is 45.4 Å². The van der Waals surface area contributed by atoms with E-state index in [0.717, 1.165) is 32.1 Å². The maximum Gasteiger partial charge on any atom is 0.326 e. The molecule has 0 aromatic heterocycles. The van der Waals surface area contributed by atoms with Gasteiger partial charge in [0.15, 0.2) is 0 Å². The van der Waals surface area contributed by atoms with Crippen LogP contribution in [0.25, 0.3) is 0 Å². The summed E-state index contributed by atoms with van der Waals surface area (Å²) in [5.41, 5.74) is 0. The number of amides is 2. The van der Waals surface area contributed by atoms with Crippen LogP contribution in [0.3, 0.4) is 0 Å². The number of aliphatic hydroxyl groups is 1. The molecule has 4 atom stereocenters. The van der Waals surface area contributed by atoms with Gasteiger partial charge in [0.2, 0.25) is 0 Å². The predicted octanol–water partition coefficient (Wildman–Crippen LogP) is 1.18. The number of aliphatic hydroxyl groups excluding tert-OH is 1. The molecule has 3 N–H and O–H groups in total. The fourth-order valence-electron chi connectivity index (χ4n) is 3.31. The van der Waals surface area contributed by atoms with E-state index < -0.39 is 18.1 Å². The van der Waals surface area contributed by atoms with Crippen molar-refractivity contribution in [1.82, 2.24) is 10.2 Å². The molecule has 20 heavy (non-hydrogen) atoms. The third kappa shape index (κ3) is 3.23. The third-order valence-electron chi connectivity index (χ3n) is 4.49. The fourth-order valence-corrected chi connectivity index (χ4v) is 3.31. The maximum absolute atomic E-state index is 12.3. The zero-order chi connectivity index (χ0) is 14.7. The molecular formula is C14H24N2O4. The van der Waals surface area contributed by atoms with Crippen molar-refractivity contribution in [2.24, 2.45) is 5.92 Å². The number of nitrogens with one attached hydrogen (secondary N) is 1. The van der Waals surface area contributed by atoms with Gasteiger partial charge in [-0.1, -0.05) is 19.8 Å². The van der Waals surface area contributed by atoms with Crippen molar-refractivity contribution in [2.45, 2.75) is 63.6 Å². The summed E-state index contributed by atoms with van der Waals surface area (Å²) in [6, 6.07) is -1.36. The van der Waals surface area contributed by atoms with Crippen molar-refractivity contribution in [3.8, 4) is 0 Å². The Morgan fingerprint density at radius 3 is 2.50 bits per heavy atom. The molecule has 0 aromatic carbocycles. The smallest absolute Gasteiger partial charge is 0.326 e. The molecule has 1 aliphatic heterocycles. The highest BCUT2D eigenvalue weighted by molar-refractivity contribution is 5.83. The Labute approximate surface area is 119 Å². The number of carboxylic acids is 1. The minimum absolute atomic E-state index is 0.0386. The second kappa shape index (κ2) is 6.43. The molecule has 0 spiro atoms. The monoisotopic (exact) mass is 284 g/mol. The lowest BCUT2D eigenvalue weighted by molar-refractivity contribution is -0.145. The van der Waals surface area contributed by atoms with Crippen LogP contribution in [-0.4, -0.2) is 51.8 Å². The first-order valence-corrected chi connectivity index (χ1v) is 7.48. The van der Waals surface area contributed by atoms with Gasteiger partial charge in [-0.3, -0.25) is 0 Å². The van der Waals surface area contributed by atoms with E-state index in [1.807, 2.05) is 6.92 Å². The predicted molar refractivity (Wildman–Crippen MR) is 73.3 cm³/mol. The van der Waals surface area contributed by atoms with Crippen LogP contribution in [0.5, 0.6) is 0 Å². The number of urea groups is 1. The normalized spacial score (nSPS) is 34.6. The van der Waals surface area contributed by atoms with Gasteiger partial charge in [0.1, 0.15) is 6.04 Å². The quantitative estimate of drug-likeness (QED) is 0.710. The van der Waals surface area contributed by atoms with Gasteiger partial charge in [-0.2, -0.15) is 0 Å². The number of hydrogen-bond acceptors (Lipinski definition) is 3. The van der Waals surface area contributed by atoms with Crippen molar-refractivity contribution in [2.75, 3.05) is 6.54 Å². The van der Waals surface area contributed by atoms with Crippen molar-refractivity contribution in [3.05, 3.63) is 0 Å². The summed E-state index contributed by atoms with van der Waals surface area (Å²) in [5, 5.41) is 22.0. The minimum Gasteiger partial charge on any atom is -0.480 e. The second-order valence-electron chi connectivity index (χ2n) is 6.00. The SMILES string of the molecule is CC1CCCN(C(=O)NC2CCCCC2O)C1C(=O)O. The molecule has 1 saturated carbocycles. The Morgan fingerprint density at radius 1 is 1.15 bits per heavy atom. The van der Waals surface area contributed by atoms with Gasteiger partial charge in [0, 0.05) is 6.54 Å². The first kappa shape index (κ1) is 15.1. The third-order valence-corrected chi connectivity index (χ3v) is 4.49. The van der Waals surface area contributed by atoms with Crippen LogP contribution >= 0.6 is 0 Å². The number of hydrogen-bond donors (Lipinski definition) is 3. The summed E-state index contributed by atoms with van der Waals surface area (Å²) in [7, 11) is 0. The molecule has 114 valence electrons. The second-order valence-corrected chi connectivity index (χ2v) is 6.00. The van der Waals surface area contributed by atoms with Crippen molar-refractivity contribution in [3.63, 3.8) is 0 Å². The van der Waals surface area contributed by atoms with Gasteiger partial charge in [-0.25, -0.2) is 9.59 Å². The lowest BCUT2D eigenvalue weighted by atomic mass is 9.90. The van der Waals surface area contributed by atoms with Crippen LogP contribution < -0.4 is 5.32 Å². The summed E-state index contributed by atoms with van der Waals surface area (Å²) < 4.78 is 0. The lowest BCUT2D eigenvalue weighted by Gasteiger charge is -2.39. The summed E-state index contributed by atoms with van der Waals surface area (Å²) in [4.78, 5) is 25.1. The Balaban J connectivity index is 2.00. The minimum atomic E-state index is -0.948. The number of carbonyl (C=O) groups is 2. The molecule has 2 amide bonds. The molecule has 4 unspecified atom stereocenters. The Morgan fingerprint density at radius 2 is 1.85 bits per heavy atom. The van der Waals surface area contributed by atoms with Crippen LogP contribution in [0, 0.1) is 5.92 Å². The fraction of sp³-hybridized carbons (Fsp3) is 0.857. The van der Waals surface area contributed by atoms with E-state index in [0.29, 0.717) is 13.0 Å². The van der Waals surface area contributed by atoms with E-state index in [1.165, 1.54) is 4.90 Å². The summed E-state index contributed by atoms with van der Waals surface area (Å²) >= 11 is 0. The Bertz CT molecular complexity index is 374. The van der Waals surface area contributed by atoms with Crippen LogP contribution in [0.15, 0.2) is 0 Å². The number of piperidine rings is 1. The zero-order valence-corrected chi connectivity index (χ0v) is 11.9. The number of carboxylic acid groups (broad SMARTS) is 1. The topological polar surface area (TPSA) is 89.9 Å². The molecule has 1 aliphatic carbocycles. The van der Waals surface area contributed by atoms with Gasteiger partial charge in [0.25, 0.3) is 0 Å². The van der Waals surface area contributed by atoms with E-state index in [4.69, 9.17) is 0 Å². The number of rotatable bonds is 2. The first-order chi connectivity index (χ1) is 9.50. The van der Waals surface area contributed by atoms with Crippen LogP contribution in [0.2, 0.25) is 0 Å². The first-order valence-electron chi connectivity index (χ1n) is 7.48. The molecule has 2 fully saturated rings. The van der Waals surface area contributed by atoms with Crippen molar-refractivity contribution >= 4 is 12.0 Å². The zero-order valence-electron chi connectivity index (χ0n) is 11.9. The molecule has 1 heterocycles. The van der Waals surface area contributed by atoms with Crippen LogP contribution in [-0.2, 0) is 4.79 Å². The number of nitrogens with zero attached hydrogens (tertiary/aromatic N) is 1. The average Bonchev–Trinajstić information content (AvgIpc) is 2.40. The standard InChI is InChI=1S/C14H24N2O4/c1-9-5-4-8-16(12(9)13(18)19)14(20)15-10-6-2-3-7-11(10)17/h9-12,17H,2-8H2,1H3,(H,15,20)(H,18,19). The summed E-state index contributed by atoms with van der Waals surface area (Å²) in [6.07, 6.45) is 4.56. The van der Waals surface area contributed by atoms with Gasteiger partial charge in [0.05, 0.1) is 12.1 Å². The van der Waals surface area contributed by atoms with Crippen molar-refractivity contribution in [1.29, 1.82) is 0 Å². The van der Waals surface area contributed by atoms with E-state index in [2.05, 4.69) is 5.32 Å². The van der Waals surface area contributed by atoms with E-state index in [1.54, 1.807) is 0 Å². The van der Waals surface area contributed by atoms with Gasteiger partial charge >= 0.3 is 12.0 Å². The summed E-state index contributed by atoms with van der Waals surface area (Å²) in [6.45, 7) is 2.34. The molecule has 1 saturated heterocycles. The molecule has 6 heteroatoms. The Kier molecular flexibility index (Phi) is 4.86. The number of likely N-dealkylation sites (tertiary alicyclic amines) is 1. The van der Waals surface area contributed by atoms with Gasteiger partial charge in [-0.05, 0) is 31.6 Å².